The second-order valence-electron chi connectivity index (χ2n) is 7.39. The number of fused-ring (bicyclic) bond motifs is 3. The van der Waals surface area contributed by atoms with Crippen LogP contribution in [0.4, 0.5) is 5.00 Å². The minimum Gasteiger partial charge on any atom is -0.317 e. The molecule has 1 aromatic heterocycles. The third-order valence-electron chi connectivity index (χ3n) is 5.73. The first kappa shape index (κ1) is 14.7. The second-order valence-corrected chi connectivity index (χ2v) is 8.50. The zero-order valence-corrected chi connectivity index (χ0v) is 14.2. The van der Waals surface area contributed by atoms with Gasteiger partial charge >= 0.3 is 0 Å². The minimum atomic E-state index is 0.230. The maximum Gasteiger partial charge on any atom is 0.225 e. The standard InChI is InChI=1S/C18H26N2OS/c1-11-15-4-2-3-5-16(15)22-18(11)20-17(21)10-12-8-13-6-7-14(9-12)19-13/h12-14,19H,2-10H2,1H3,(H,20,21). The number of hydrogen-bond acceptors (Lipinski definition) is 3. The Morgan fingerprint density at radius 1 is 1.23 bits per heavy atom. The Labute approximate surface area is 136 Å². The fraction of sp³-hybridized carbons (Fsp3) is 0.722. The number of amides is 1. The molecule has 1 aromatic rings. The lowest BCUT2D eigenvalue weighted by Crippen LogP contribution is -2.39. The summed E-state index contributed by atoms with van der Waals surface area (Å²) in [6.07, 6.45) is 10.7. The second kappa shape index (κ2) is 5.97. The van der Waals surface area contributed by atoms with Crippen molar-refractivity contribution in [2.45, 2.75) is 76.8 Å². The molecule has 2 aliphatic heterocycles. The Kier molecular flexibility index (Phi) is 3.99. The monoisotopic (exact) mass is 318 g/mol. The molecular weight excluding hydrogens is 292 g/mol. The largest absolute Gasteiger partial charge is 0.317 e. The summed E-state index contributed by atoms with van der Waals surface area (Å²) in [7, 11) is 0. The zero-order chi connectivity index (χ0) is 15.1. The van der Waals surface area contributed by atoms with E-state index in [0.717, 1.165) is 5.00 Å². The van der Waals surface area contributed by atoms with Crippen molar-refractivity contribution in [2.24, 2.45) is 5.92 Å². The molecule has 2 unspecified atom stereocenters. The van der Waals surface area contributed by atoms with Gasteiger partial charge in [0.2, 0.25) is 5.91 Å². The van der Waals surface area contributed by atoms with Crippen LogP contribution in [0.2, 0.25) is 0 Å². The molecule has 0 radical (unpaired) electrons. The number of rotatable bonds is 3. The van der Waals surface area contributed by atoms with E-state index >= 15 is 0 Å². The van der Waals surface area contributed by atoms with E-state index in [-0.39, 0.29) is 5.91 Å². The molecular formula is C18H26N2OS. The van der Waals surface area contributed by atoms with Gasteiger partial charge in [-0.3, -0.25) is 4.79 Å². The van der Waals surface area contributed by atoms with Crippen molar-refractivity contribution in [1.82, 2.24) is 5.32 Å². The molecule has 3 aliphatic rings. The van der Waals surface area contributed by atoms with Gasteiger partial charge in [0.1, 0.15) is 0 Å². The van der Waals surface area contributed by atoms with Crippen molar-refractivity contribution in [3.05, 3.63) is 16.0 Å². The summed E-state index contributed by atoms with van der Waals surface area (Å²) in [5.41, 5.74) is 2.85. The van der Waals surface area contributed by atoms with Crippen LogP contribution in [0.25, 0.3) is 0 Å². The van der Waals surface area contributed by atoms with Gasteiger partial charge in [0.05, 0.1) is 5.00 Å². The van der Waals surface area contributed by atoms with E-state index in [4.69, 9.17) is 0 Å². The third kappa shape index (κ3) is 2.83. The highest BCUT2D eigenvalue weighted by Gasteiger charge is 2.34. The summed E-state index contributed by atoms with van der Waals surface area (Å²) >= 11 is 1.82. The lowest BCUT2D eigenvalue weighted by Gasteiger charge is -2.28. The van der Waals surface area contributed by atoms with Gasteiger partial charge in [0, 0.05) is 23.4 Å². The minimum absolute atomic E-state index is 0.230. The third-order valence-corrected chi connectivity index (χ3v) is 7.04. The highest BCUT2D eigenvalue weighted by molar-refractivity contribution is 7.16. The maximum atomic E-state index is 12.5. The van der Waals surface area contributed by atoms with Crippen molar-refractivity contribution in [1.29, 1.82) is 0 Å². The summed E-state index contributed by atoms with van der Waals surface area (Å²) in [4.78, 5) is 14.0. The summed E-state index contributed by atoms with van der Waals surface area (Å²) in [6.45, 7) is 2.18. The number of carbonyl (C=O) groups excluding carboxylic acids is 1. The molecule has 1 aliphatic carbocycles. The Balaban J connectivity index is 1.39. The Bertz CT molecular complexity index is 568. The van der Waals surface area contributed by atoms with Crippen LogP contribution in [0.1, 0.15) is 60.9 Å². The number of aryl methyl sites for hydroxylation is 1. The first-order chi connectivity index (χ1) is 10.7. The van der Waals surface area contributed by atoms with Crippen LogP contribution in [0.3, 0.4) is 0 Å². The van der Waals surface area contributed by atoms with Gasteiger partial charge in [-0.2, -0.15) is 0 Å². The fourth-order valence-corrected chi connectivity index (χ4v) is 5.94. The average Bonchev–Trinajstić information content (AvgIpc) is 3.00. The number of anilines is 1. The normalized spacial score (nSPS) is 30.1. The number of piperidine rings is 1. The van der Waals surface area contributed by atoms with Crippen molar-refractivity contribution in [3.8, 4) is 0 Å². The molecule has 2 bridgehead atoms. The summed E-state index contributed by atoms with van der Waals surface area (Å²) in [5.74, 6) is 0.807. The Morgan fingerprint density at radius 2 is 1.95 bits per heavy atom. The summed E-state index contributed by atoms with van der Waals surface area (Å²) in [5, 5.41) is 8.00. The van der Waals surface area contributed by atoms with Crippen molar-refractivity contribution < 1.29 is 4.79 Å². The van der Waals surface area contributed by atoms with Gasteiger partial charge in [-0.1, -0.05) is 0 Å². The molecule has 2 N–H and O–H groups in total. The van der Waals surface area contributed by atoms with Crippen LogP contribution >= 0.6 is 11.3 Å². The van der Waals surface area contributed by atoms with E-state index < -0.39 is 0 Å². The van der Waals surface area contributed by atoms with Crippen LogP contribution in [-0.4, -0.2) is 18.0 Å². The maximum absolute atomic E-state index is 12.5. The highest BCUT2D eigenvalue weighted by atomic mass is 32.1. The van der Waals surface area contributed by atoms with Crippen molar-refractivity contribution in [2.75, 3.05) is 5.32 Å². The predicted molar refractivity (Wildman–Crippen MR) is 91.6 cm³/mol. The van der Waals surface area contributed by atoms with Gasteiger partial charge in [-0.05, 0) is 75.3 Å². The van der Waals surface area contributed by atoms with Crippen LogP contribution < -0.4 is 10.6 Å². The predicted octanol–water partition coefficient (Wildman–Crippen LogP) is 3.79. The highest BCUT2D eigenvalue weighted by Crippen LogP contribution is 2.38. The molecule has 2 saturated heterocycles. The van der Waals surface area contributed by atoms with E-state index in [1.807, 2.05) is 11.3 Å². The van der Waals surface area contributed by atoms with Crippen LogP contribution in [0.15, 0.2) is 0 Å². The Hall–Kier alpha value is -0.870. The first-order valence-electron chi connectivity index (χ1n) is 8.86. The van der Waals surface area contributed by atoms with Crippen molar-refractivity contribution >= 4 is 22.2 Å². The fourth-order valence-electron chi connectivity index (χ4n) is 4.62. The van der Waals surface area contributed by atoms with Crippen LogP contribution in [0.5, 0.6) is 0 Å². The van der Waals surface area contributed by atoms with Gasteiger partial charge in [0.15, 0.2) is 0 Å². The molecule has 22 heavy (non-hydrogen) atoms. The lowest BCUT2D eigenvalue weighted by molar-refractivity contribution is -0.117. The van der Waals surface area contributed by atoms with Crippen LogP contribution in [0, 0.1) is 12.8 Å². The van der Waals surface area contributed by atoms with E-state index in [1.165, 1.54) is 67.4 Å². The topological polar surface area (TPSA) is 41.1 Å². The molecule has 3 nitrogen and oxygen atoms in total. The molecule has 4 heteroatoms. The molecule has 4 rings (SSSR count). The molecule has 0 saturated carbocycles. The molecule has 120 valence electrons. The van der Waals surface area contributed by atoms with E-state index in [2.05, 4.69) is 17.6 Å². The SMILES string of the molecule is Cc1c(NC(=O)CC2CC3CCC(C2)N3)sc2c1CCCC2. The number of hydrogen-bond donors (Lipinski definition) is 2. The van der Waals surface area contributed by atoms with Crippen molar-refractivity contribution in [3.63, 3.8) is 0 Å². The summed E-state index contributed by atoms with van der Waals surface area (Å²) < 4.78 is 0. The van der Waals surface area contributed by atoms with E-state index in [9.17, 15) is 4.79 Å². The van der Waals surface area contributed by atoms with E-state index in [0.29, 0.717) is 24.4 Å². The average molecular weight is 318 g/mol. The summed E-state index contributed by atoms with van der Waals surface area (Å²) in [6, 6.07) is 1.35. The lowest BCUT2D eigenvalue weighted by atomic mass is 9.89. The smallest absolute Gasteiger partial charge is 0.225 e. The zero-order valence-electron chi connectivity index (χ0n) is 13.4. The van der Waals surface area contributed by atoms with Gasteiger partial charge in [-0.25, -0.2) is 0 Å². The molecule has 3 heterocycles. The van der Waals surface area contributed by atoms with Gasteiger partial charge < -0.3 is 10.6 Å². The molecule has 2 fully saturated rings. The Morgan fingerprint density at radius 3 is 2.68 bits per heavy atom. The van der Waals surface area contributed by atoms with Crippen LogP contribution in [-0.2, 0) is 17.6 Å². The molecule has 0 aromatic carbocycles. The number of thiophene rings is 1. The number of carbonyl (C=O) groups is 1. The molecule has 2 atom stereocenters. The molecule has 1 amide bonds. The van der Waals surface area contributed by atoms with Gasteiger partial charge in [0.25, 0.3) is 0 Å². The number of nitrogens with one attached hydrogen (secondary N) is 2. The van der Waals surface area contributed by atoms with E-state index in [1.54, 1.807) is 0 Å². The quantitative estimate of drug-likeness (QED) is 0.890. The molecule has 0 spiro atoms. The first-order valence-corrected chi connectivity index (χ1v) is 9.67. The van der Waals surface area contributed by atoms with Gasteiger partial charge in [-0.15, -0.1) is 11.3 Å².